The average Bonchev–Trinajstić information content (AvgIpc) is 2.49. The van der Waals surface area contributed by atoms with Crippen LogP contribution in [0.3, 0.4) is 0 Å². The number of aliphatic hydroxyl groups is 1. The highest BCUT2D eigenvalue weighted by Gasteiger charge is 2.15. The number of carboxylic acid groups (broad SMARTS) is 1. The van der Waals surface area contributed by atoms with Crippen LogP contribution in [0, 0.1) is 6.92 Å². The van der Waals surface area contributed by atoms with Crippen LogP contribution in [0.15, 0.2) is 47.4 Å². The Morgan fingerprint density at radius 2 is 1.90 bits per heavy atom. The Bertz CT molecular complexity index is 643. The molecule has 0 aromatic heterocycles. The fraction of sp³-hybridized carbons (Fsp3) is 0.188. The first-order valence-electron chi connectivity index (χ1n) is 6.39. The zero-order valence-electron chi connectivity index (χ0n) is 11.4. The summed E-state index contributed by atoms with van der Waals surface area (Å²) < 4.78 is 0. The number of thioether (sulfide) groups is 1. The van der Waals surface area contributed by atoms with E-state index in [0.29, 0.717) is 5.75 Å². The third-order valence-corrected chi connectivity index (χ3v) is 4.87. The zero-order chi connectivity index (χ0) is 15.4. The molecule has 0 bridgehead atoms. The van der Waals surface area contributed by atoms with Crippen LogP contribution in [-0.2, 0) is 0 Å². The van der Waals surface area contributed by atoms with E-state index in [1.165, 1.54) is 17.8 Å². The summed E-state index contributed by atoms with van der Waals surface area (Å²) in [7, 11) is 0. The number of hydrogen-bond donors (Lipinski definition) is 2. The number of benzene rings is 2. The summed E-state index contributed by atoms with van der Waals surface area (Å²) in [6.45, 7) is 1.78. The third-order valence-electron chi connectivity index (χ3n) is 3.15. The Hall–Kier alpha value is -1.49. The van der Waals surface area contributed by atoms with Crippen molar-refractivity contribution in [1.29, 1.82) is 0 Å². The van der Waals surface area contributed by atoms with Crippen molar-refractivity contribution in [2.24, 2.45) is 0 Å². The molecule has 0 unspecified atom stereocenters. The average molecular weight is 323 g/mol. The summed E-state index contributed by atoms with van der Waals surface area (Å²) in [5.41, 5.74) is 1.68. The molecule has 0 spiro atoms. The lowest BCUT2D eigenvalue weighted by molar-refractivity contribution is 0.0697. The summed E-state index contributed by atoms with van der Waals surface area (Å²) in [6.07, 6.45) is -0.575. The van der Waals surface area contributed by atoms with Crippen LogP contribution >= 0.6 is 23.4 Å². The highest BCUT2D eigenvalue weighted by Crippen LogP contribution is 2.32. The molecular formula is C16H15ClO3S. The van der Waals surface area contributed by atoms with E-state index < -0.39 is 12.1 Å². The fourth-order valence-corrected chi connectivity index (χ4v) is 3.24. The molecule has 0 saturated heterocycles. The van der Waals surface area contributed by atoms with E-state index in [-0.39, 0.29) is 10.6 Å². The molecule has 0 amide bonds. The molecular weight excluding hydrogens is 308 g/mol. The largest absolute Gasteiger partial charge is 0.478 e. The SMILES string of the molecule is Cc1c(SC[C@@H](O)c2ccccc2)ccc(C(=O)O)c1Cl. The molecule has 0 fully saturated rings. The second-order valence-electron chi connectivity index (χ2n) is 4.59. The Morgan fingerprint density at radius 3 is 2.52 bits per heavy atom. The predicted octanol–water partition coefficient (Wildman–Crippen LogP) is 4.17. The van der Waals surface area contributed by atoms with Gasteiger partial charge in [-0.25, -0.2) is 4.79 Å². The van der Waals surface area contributed by atoms with Crippen molar-refractivity contribution in [2.45, 2.75) is 17.9 Å². The number of aliphatic hydroxyl groups excluding tert-OH is 1. The minimum absolute atomic E-state index is 0.0992. The van der Waals surface area contributed by atoms with E-state index in [9.17, 15) is 9.90 Å². The fourth-order valence-electron chi connectivity index (χ4n) is 1.93. The van der Waals surface area contributed by atoms with Gasteiger partial charge in [-0.15, -0.1) is 11.8 Å². The van der Waals surface area contributed by atoms with Gasteiger partial charge in [0.15, 0.2) is 0 Å². The molecule has 2 rings (SSSR count). The second-order valence-corrected chi connectivity index (χ2v) is 6.03. The van der Waals surface area contributed by atoms with Gasteiger partial charge in [-0.1, -0.05) is 41.9 Å². The molecule has 0 heterocycles. The van der Waals surface area contributed by atoms with Crippen molar-refractivity contribution in [3.05, 3.63) is 64.2 Å². The Kier molecular flexibility index (Phi) is 5.28. The first-order chi connectivity index (χ1) is 10.0. The molecule has 0 aliphatic rings. The van der Waals surface area contributed by atoms with Crippen molar-refractivity contribution in [2.75, 3.05) is 5.75 Å². The molecule has 2 N–H and O–H groups in total. The molecule has 0 saturated carbocycles. The van der Waals surface area contributed by atoms with Crippen LogP contribution in [0.25, 0.3) is 0 Å². The summed E-state index contributed by atoms with van der Waals surface area (Å²) >= 11 is 7.53. The summed E-state index contributed by atoms with van der Waals surface area (Å²) in [4.78, 5) is 11.9. The minimum Gasteiger partial charge on any atom is -0.478 e. The van der Waals surface area contributed by atoms with E-state index in [4.69, 9.17) is 16.7 Å². The lowest BCUT2D eigenvalue weighted by atomic mass is 10.1. The van der Waals surface area contributed by atoms with Gasteiger partial charge in [-0.3, -0.25) is 0 Å². The lowest BCUT2D eigenvalue weighted by Crippen LogP contribution is -2.02. The van der Waals surface area contributed by atoms with Gasteiger partial charge in [0.05, 0.1) is 16.7 Å². The zero-order valence-corrected chi connectivity index (χ0v) is 13.0. The first-order valence-corrected chi connectivity index (χ1v) is 7.75. The smallest absolute Gasteiger partial charge is 0.337 e. The molecule has 0 radical (unpaired) electrons. The topological polar surface area (TPSA) is 57.5 Å². The van der Waals surface area contributed by atoms with Gasteiger partial charge in [-0.2, -0.15) is 0 Å². The molecule has 2 aromatic carbocycles. The van der Waals surface area contributed by atoms with Gasteiger partial charge in [-0.05, 0) is 30.2 Å². The van der Waals surface area contributed by atoms with Crippen LogP contribution in [0.5, 0.6) is 0 Å². The molecule has 0 aliphatic carbocycles. The molecule has 3 nitrogen and oxygen atoms in total. The predicted molar refractivity (Wildman–Crippen MR) is 85.3 cm³/mol. The van der Waals surface area contributed by atoms with Gasteiger partial charge in [0.2, 0.25) is 0 Å². The van der Waals surface area contributed by atoms with Gasteiger partial charge >= 0.3 is 5.97 Å². The summed E-state index contributed by atoms with van der Waals surface area (Å²) in [5.74, 6) is -0.558. The van der Waals surface area contributed by atoms with E-state index in [1.807, 2.05) is 30.3 Å². The maximum absolute atomic E-state index is 11.0. The summed E-state index contributed by atoms with van der Waals surface area (Å²) in [5, 5.41) is 19.4. The van der Waals surface area contributed by atoms with Gasteiger partial charge in [0, 0.05) is 10.6 Å². The number of carbonyl (C=O) groups is 1. The number of hydrogen-bond acceptors (Lipinski definition) is 3. The van der Waals surface area contributed by atoms with Crippen LogP contribution in [0.2, 0.25) is 5.02 Å². The second kappa shape index (κ2) is 6.98. The minimum atomic E-state index is -1.04. The molecule has 0 aliphatic heterocycles. The monoisotopic (exact) mass is 322 g/mol. The van der Waals surface area contributed by atoms with Gasteiger partial charge < -0.3 is 10.2 Å². The van der Waals surface area contributed by atoms with Crippen LogP contribution in [-0.4, -0.2) is 21.9 Å². The van der Waals surface area contributed by atoms with Crippen LogP contribution in [0.1, 0.15) is 27.6 Å². The van der Waals surface area contributed by atoms with Gasteiger partial charge in [0.1, 0.15) is 0 Å². The van der Waals surface area contributed by atoms with E-state index in [2.05, 4.69) is 0 Å². The molecule has 21 heavy (non-hydrogen) atoms. The van der Waals surface area contributed by atoms with Crippen molar-refractivity contribution in [3.63, 3.8) is 0 Å². The molecule has 2 aromatic rings. The highest BCUT2D eigenvalue weighted by molar-refractivity contribution is 7.99. The number of halogens is 1. The quantitative estimate of drug-likeness (QED) is 0.811. The number of aromatic carboxylic acids is 1. The Labute approximate surface area is 132 Å². The molecule has 110 valence electrons. The summed E-state index contributed by atoms with van der Waals surface area (Å²) in [6, 6.07) is 12.6. The Balaban J connectivity index is 2.11. The first kappa shape index (κ1) is 15.9. The normalized spacial score (nSPS) is 12.1. The number of rotatable bonds is 5. The van der Waals surface area contributed by atoms with Crippen LogP contribution in [0.4, 0.5) is 0 Å². The maximum atomic E-state index is 11.0. The van der Waals surface area contributed by atoms with Crippen molar-refractivity contribution in [1.82, 2.24) is 0 Å². The van der Waals surface area contributed by atoms with Crippen molar-refractivity contribution in [3.8, 4) is 0 Å². The lowest BCUT2D eigenvalue weighted by Gasteiger charge is -2.13. The molecule has 1 atom stereocenters. The third kappa shape index (κ3) is 3.79. The maximum Gasteiger partial charge on any atom is 0.337 e. The van der Waals surface area contributed by atoms with Crippen molar-refractivity contribution < 1.29 is 15.0 Å². The van der Waals surface area contributed by atoms with E-state index in [1.54, 1.807) is 13.0 Å². The Morgan fingerprint density at radius 1 is 1.24 bits per heavy atom. The van der Waals surface area contributed by atoms with Gasteiger partial charge in [0.25, 0.3) is 0 Å². The van der Waals surface area contributed by atoms with Crippen molar-refractivity contribution >= 4 is 29.3 Å². The molecule has 5 heteroatoms. The van der Waals surface area contributed by atoms with E-state index in [0.717, 1.165) is 16.0 Å². The van der Waals surface area contributed by atoms with E-state index >= 15 is 0 Å². The van der Waals surface area contributed by atoms with Crippen LogP contribution < -0.4 is 0 Å². The number of carboxylic acids is 1. The highest BCUT2D eigenvalue weighted by atomic mass is 35.5. The standard InChI is InChI=1S/C16H15ClO3S/c1-10-14(8-7-12(15(10)17)16(19)20)21-9-13(18)11-5-3-2-4-6-11/h2-8,13,18H,9H2,1H3,(H,19,20)/t13-/m1/s1.